The first kappa shape index (κ1) is 12.3. The molecule has 1 saturated heterocycles. The van der Waals surface area contributed by atoms with Gasteiger partial charge in [0.1, 0.15) is 5.01 Å². The van der Waals surface area contributed by atoms with Gasteiger partial charge < -0.3 is 0 Å². The molecular weight excluding hydrogens is 240 g/mol. The Hall–Kier alpha value is -0.120. The number of alkyl halides is 1. The number of halogens is 1. The van der Waals surface area contributed by atoms with E-state index < -0.39 is 0 Å². The van der Waals surface area contributed by atoms with Gasteiger partial charge in [0.15, 0.2) is 0 Å². The molecule has 4 heteroatoms. The highest BCUT2D eigenvalue weighted by atomic mass is 35.5. The minimum atomic E-state index is 0.449. The molecule has 1 aliphatic rings. The number of piperidine rings is 1. The van der Waals surface area contributed by atoms with Crippen molar-refractivity contribution in [2.75, 3.05) is 13.1 Å². The Morgan fingerprint density at radius 1 is 1.69 bits per heavy atom. The van der Waals surface area contributed by atoms with E-state index in [4.69, 9.17) is 11.6 Å². The van der Waals surface area contributed by atoms with Crippen LogP contribution in [-0.4, -0.2) is 23.0 Å². The van der Waals surface area contributed by atoms with E-state index in [0.29, 0.717) is 11.9 Å². The van der Waals surface area contributed by atoms with Crippen molar-refractivity contribution in [3.8, 4) is 0 Å². The van der Waals surface area contributed by atoms with Crippen LogP contribution in [0.5, 0.6) is 0 Å². The zero-order valence-electron chi connectivity index (χ0n) is 9.95. The van der Waals surface area contributed by atoms with Gasteiger partial charge in [0.05, 0.1) is 17.6 Å². The minimum absolute atomic E-state index is 0.449. The van der Waals surface area contributed by atoms with E-state index in [2.05, 4.69) is 29.1 Å². The maximum absolute atomic E-state index is 5.78. The summed E-state index contributed by atoms with van der Waals surface area (Å²) in [6.07, 6.45) is 2.69. The number of rotatable bonds is 3. The lowest BCUT2D eigenvalue weighted by molar-refractivity contribution is 0.138. The first-order chi connectivity index (χ1) is 7.70. The van der Waals surface area contributed by atoms with E-state index in [1.807, 2.05) is 0 Å². The number of hydrogen-bond donors (Lipinski definition) is 0. The smallest absolute Gasteiger partial charge is 0.110 e. The van der Waals surface area contributed by atoms with Crippen LogP contribution in [0.4, 0.5) is 0 Å². The summed E-state index contributed by atoms with van der Waals surface area (Å²) in [6, 6.07) is 0.449. The molecule has 0 bridgehead atoms. The summed E-state index contributed by atoms with van der Waals surface area (Å²) >= 11 is 7.52. The molecule has 2 nitrogen and oxygen atoms in total. The van der Waals surface area contributed by atoms with Gasteiger partial charge in [-0.2, -0.15) is 0 Å². The van der Waals surface area contributed by atoms with Crippen LogP contribution in [0, 0.1) is 5.92 Å². The van der Waals surface area contributed by atoms with Crippen molar-refractivity contribution in [2.24, 2.45) is 5.92 Å². The molecule has 2 atom stereocenters. The fraction of sp³-hybridized carbons (Fsp3) is 0.750. The Bertz CT molecular complexity index is 340. The lowest BCUT2D eigenvalue weighted by Gasteiger charge is -2.34. The molecule has 2 rings (SSSR count). The molecule has 0 aliphatic carbocycles. The van der Waals surface area contributed by atoms with Crippen LogP contribution in [0.1, 0.15) is 43.4 Å². The van der Waals surface area contributed by atoms with E-state index in [1.165, 1.54) is 30.9 Å². The largest absolute Gasteiger partial charge is 0.294 e. The third-order valence-electron chi connectivity index (χ3n) is 3.30. The highest BCUT2D eigenvalue weighted by Crippen LogP contribution is 2.28. The third kappa shape index (κ3) is 2.76. The summed E-state index contributed by atoms with van der Waals surface area (Å²) in [5, 5.41) is 3.29. The second-order valence-corrected chi connectivity index (χ2v) is 5.89. The fourth-order valence-corrected chi connectivity index (χ4v) is 3.45. The van der Waals surface area contributed by atoms with E-state index in [0.717, 1.165) is 11.6 Å². The molecule has 90 valence electrons. The number of likely N-dealkylation sites (tertiary alicyclic amines) is 1. The summed E-state index contributed by atoms with van der Waals surface area (Å²) in [7, 11) is 0. The summed E-state index contributed by atoms with van der Waals surface area (Å²) in [5.41, 5.74) is 1.01. The molecule has 1 aromatic rings. The molecule has 0 N–H and O–H groups in total. The number of nitrogens with zero attached hydrogens (tertiary/aromatic N) is 2. The van der Waals surface area contributed by atoms with Crippen molar-refractivity contribution >= 4 is 22.9 Å². The molecule has 0 saturated carbocycles. The van der Waals surface area contributed by atoms with Crippen molar-refractivity contribution in [1.82, 2.24) is 9.88 Å². The van der Waals surface area contributed by atoms with Crippen molar-refractivity contribution in [1.29, 1.82) is 0 Å². The van der Waals surface area contributed by atoms with Crippen molar-refractivity contribution < 1.29 is 0 Å². The molecule has 2 heterocycles. The molecule has 2 unspecified atom stereocenters. The summed E-state index contributed by atoms with van der Waals surface area (Å²) in [5.74, 6) is 1.35. The maximum atomic E-state index is 5.78. The van der Waals surface area contributed by atoms with Gasteiger partial charge in [0.2, 0.25) is 0 Å². The van der Waals surface area contributed by atoms with Crippen LogP contribution < -0.4 is 0 Å². The van der Waals surface area contributed by atoms with Gasteiger partial charge in [0, 0.05) is 11.9 Å². The average Bonchev–Trinajstić information content (AvgIpc) is 2.76. The van der Waals surface area contributed by atoms with Crippen LogP contribution in [0.2, 0.25) is 0 Å². The zero-order chi connectivity index (χ0) is 11.5. The molecule has 0 amide bonds. The van der Waals surface area contributed by atoms with E-state index in [1.54, 1.807) is 11.3 Å². The molecule has 0 spiro atoms. The normalized spacial score (nSPS) is 24.6. The predicted octanol–water partition coefficient (Wildman–Crippen LogP) is 3.67. The highest BCUT2D eigenvalue weighted by Gasteiger charge is 2.23. The summed E-state index contributed by atoms with van der Waals surface area (Å²) in [6.45, 7) is 7.01. The molecule has 1 aliphatic heterocycles. The first-order valence-electron chi connectivity index (χ1n) is 5.95. The van der Waals surface area contributed by atoms with Gasteiger partial charge in [-0.1, -0.05) is 6.92 Å². The Labute approximate surface area is 107 Å². The van der Waals surface area contributed by atoms with Crippen LogP contribution in [0.3, 0.4) is 0 Å². The zero-order valence-corrected chi connectivity index (χ0v) is 11.5. The van der Waals surface area contributed by atoms with Gasteiger partial charge in [0.25, 0.3) is 0 Å². The standard InChI is InChI=1S/C12H19ClN2S/c1-9-4-3-5-15(7-9)10(2)12-14-11(6-13)8-16-12/h8-10H,3-7H2,1-2H3. The van der Waals surface area contributed by atoms with Crippen molar-refractivity contribution in [3.05, 3.63) is 16.1 Å². The molecule has 0 radical (unpaired) electrons. The number of aromatic nitrogens is 1. The highest BCUT2D eigenvalue weighted by molar-refractivity contribution is 7.09. The first-order valence-corrected chi connectivity index (χ1v) is 7.36. The van der Waals surface area contributed by atoms with Crippen molar-refractivity contribution in [2.45, 2.75) is 38.6 Å². The van der Waals surface area contributed by atoms with Gasteiger partial charge in [-0.15, -0.1) is 22.9 Å². The molecule has 1 aromatic heterocycles. The second kappa shape index (κ2) is 5.48. The lowest BCUT2D eigenvalue weighted by atomic mass is 9.99. The third-order valence-corrected chi connectivity index (χ3v) is 4.64. The topological polar surface area (TPSA) is 16.1 Å². The Kier molecular flexibility index (Phi) is 4.22. The number of hydrogen-bond acceptors (Lipinski definition) is 3. The van der Waals surface area contributed by atoms with E-state index in [-0.39, 0.29) is 0 Å². The van der Waals surface area contributed by atoms with Gasteiger partial charge in [-0.3, -0.25) is 4.90 Å². The van der Waals surface area contributed by atoms with Gasteiger partial charge >= 0.3 is 0 Å². The maximum Gasteiger partial charge on any atom is 0.110 e. The molecule has 1 fully saturated rings. The van der Waals surface area contributed by atoms with Crippen molar-refractivity contribution in [3.63, 3.8) is 0 Å². The van der Waals surface area contributed by atoms with Gasteiger partial charge in [-0.05, 0) is 32.2 Å². The molecule has 16 heavy (non-hydrogen) atoms. The summed E-state index contributed by atoms with van der Waals surface area (Å²) in [4.78, 5) is 7.12. The summed E-state index contributed by atoms with van der Waals surface area (Å²) < 4.78 is 0. The Morgan fingerprint density at radius 2 is 2.50 bits per heavy atom. The minimum Gasteiger partial charge on any atom is -0.294 e. The predicted molar refractivity (Wildman–Crippen MR) is 70.1 cm³/mol. The molecule has 0 aromatic carbocycles. The van der Waals surface area contributed by atoms with Crippen LogP contribution in [0.25, 0.3) is 0 Å². The van der Waals surface area contributed by atoms with Crippen LogP contribution >= 0.6 is 22.9 Å². The van der Waals surface area contributed by atoms with Gasteiger partial charge in [-0.25, -0.2) is 4.98 Å². The van der Waals surface area contributed by atoms with Crippen LogP contribution in [0.15, 0.2) is 5.38 Å². The molecular formula is C12H19ClN2S. The van der Waals surface area contributed by atoms with Crippen LogP contribution in [-0.2, 0) is 5.88 Å². The monoisotopic (exact) mass is 258 g/mol. The fourth-order valence-electron chi connectivity index (χ4n) is 2.31. The van der Waals surface area contributed by atoms with E-state index in [9.17, 15) is 0 Å². The second-order valence-electron chi connectivity index (χ2n) is 4.73. The average molecular weight is 259 g/mol. The number of thiazole rings is 1. The Morgan fingerprint density at radius 3 is 3.12 bits per heavy atom. The quantitative estimate of drug-likeness (QED) is 0.769. The lowest BCUT2D eigenvalue weighted by Crippen LogP contribution is -2.36. The Balaban J connectivity index is 2.02. The van der Waals surface area contributed by atoms with E-state index >= 15 is 0 Å². The SMILES string of the molecule is CC1CCCN(C(C)c2nc(CCl)cs2)C1.